The van der Waals surface area contributed by atoms with Crippen LogP contribution in [-0.2, 0) is 19.3 Å². The molecule has 0 atom stereocenters. The van der Waals surface area contributed by atoms with Crippen LogP contribution < -0.4 is 0 Å². The zero-order chi connectivity index (χ0) is 40.0. The van der Waals surface area contributed by atoms with E-state index in [0.29, 0.717) is 0 Å². The van der Waals surface area contributed by atoms with E-state index in [0.717, 1.165) is 41.4 Å². The van der Waals surface area contributed by atoms with Gasteiger partial charge in [0.05, 0.1) is 0 Å². The van der Waals surface area contributed by atoms with Gasteiger partial charge in [-0.05, 0) is 123 Å². The van der Waals surface area contributed by atoms with Crippen LogP contribution in [0.1, 0.15) is 204 Å². The average molecular weight is 864 g/mol. The normalized spacial score (nSPS) is 24.0. The fourth-order valence-corrected chi connectivity index (χ4v) is 35.4. The Morgan fingerprint density at radius 3 is 1.29 bits per heavy atom. The van der Waals surface area contributed by atoms with E-state index < -0.39 is 16.1 Å². The van der Waals surface area contributed by atoms with Gasteiger partial charge in [-0.1, -0.05) is 172 Å². The first kappa shape index (κ1) is 41.8. The zero-order valence-electron chi connectivity index (χ0n) is 37.3. The second-order valence-electron chi connectivity index (χ2n) is 19.8. The van der Waals surface area contributed by atoms with Crippen molar-refractivity contribution in [2.75, 3.05) is 0 Å². The van der Waals surface area contributed by atoms with E-state index in [1.165, 1.54) is 128 Å². The van der Waals surface area contributed by atoms with Crippen molar-refractivity contribution in [3.05, 3.63) is 88.0 Å². The molecule has 6 aliphatic rings. The molecule has 3 aromatic heterocycles. The largest absolute Gasteiger partial charge is 0.144 e. The smallest absolute Gasteiger partial charge is 0.128 e. The molecule has 2 aliphatic heterocycles. The van der Waals surface area contributed by atoms with Gasteiger partial charge in [-0.2, -0.15) is 0 Å². The molecule has 0 unspecified atom stereocenters. The predicted molar refractivity (Wildman–Crippen MR) is 266 cm³/mol. The molecule has 4 saturated carbocycles. The van der Waals surface area contributed by atoms with Gasteiger partial charge in [0, 0.05) is 24.4 Å². The van der Waals surface area contributed by atoms with Gasteiger partial charge in [-0.15, -0.1) is 34.0 Å². The summed E-state index contributed by atoms with van der Waals surface area (Å²) in [4.78, 5) is 8.46. The molecule has 0 radical (unpaired) electrons. The van der Waals surface area contributed by atoms with Crippen LogP contribution in [0.5, 0.6) is 0 Å². The molecule has 0 aromatic carbocycles. The van der Waals surface area contributed by atoms with Crippen molar-refractivity contribution in [1.29, 1.82) is 0 Å². The molecule has 4 fully saturated rings. The van der Waals surface area contributed by atoms with E-state index >= 15 is 0 Å². The van der Waals surface area contributed by atoms with Crippen molar-refractivity contribution in [2.24, 2.45) is 0 Å². The maximum absolute atomic E-state index is 2.88. The lowest BCUT2D eigenvalue weighted by molar-refractivity contribution is 0.460. The zero-order valence-corrected chi connectivity index (χ0v) is 41.7. The molecule has 0 spiro atoms. The molecule has 0 N–H and O–H groups in total. The van der Waals surface area contributed by atoms with Gasteiger partial charge in [0.1, 0.15) is 16.1 Å². The number of rotatable bonds is 11. The van der Waals surface area contributed by atoms with Gasteiger partial charge in [-0.3, -0.25) is 0 Å². The van der Waals surface area contributed by atoms with E-state index in [1.807, 2.05) is 20.8 Å². The highest BCUT2D eigenvalue weighted by Gasteiger charge is 2.59. The van der Waals surface area contributed by atoms with Gasteiger partial charge in [0.15, 0.2) is 0 Å². The Hall–Kier alpha value is -1.51. The second kappa shape index (κ2) is 17.7. The Morgan fingerprint density at radius 1 is 0.483 bits per heavy atom. The summed E-state index contributed by atoms with van der Waals surface area (Å²) in [6, 6.07) is 8.05. The van der Waals surface area contributed by atoms with Gasteiger partial charge < -0.3 is 0 Å². The van der Waals surface area contributed by atoms with E-state index in [-0.39, 0.29) is 0 Å². The minimum Gasteiger partial charge on any atom is -0.144 e. The van der Waals surface area contributed by atoms with Crippen molar-refractivity contribution in [2.45, 2.75) is 211 Å². The Bertz CT molecular complexity index is 2030. The Labute approximate surface area is 367 Å². The summed E-state index contributed by atoms with van der Waals surface area (Å²) in [7, 11) is -4.32. The van der Waals surface area contributed by atoms with Crippen LogP contribution >= 0.6 is 34.0 Å². The Balaban J connectivity index is 1.25. The van der Waals surface area contributed by atoms with Crippen LogP contribution in [0.2, 0.25) is 22.2 Å². The standard InChI is InChI=1S/C53H74S3Si2/c1-7-39-30-31-54-50(39)48-32-36(4)53(57(48,42-22-14-10-15-23-42)43-24-16-11-17-25-43)47-35-41(9-3)51(56-47)49-33-37(5)52(46-34-40(8-2)38(6)55-46)58(49,44-26-18-12-19-27-44)45-28-20-13-21-29-45/h30-35,42-45H,7-29H2,1-6H3. The molecule has 5 heterocycles. The lowest BCUT2D eigenvalue weighted by atomic mass is 9.99. The first-order valence-corrected chi connectivity index (χ1v) is 31.4. The molecule has 3 aromatic rings. The molecule has 0 bridgehead atoms. The van der Waals surface area contributed by atoms with E-state index in [9.17, 15) is 0 Å². The van der Waals surface area contributed by atoms with Gasteiger partial charge >= 0.3 is 0 Å². The molecule has 4 aliphatic carbocycles. The summed E-state index contributed by atoms with van der Waals surface area (Å²) in [5, 5.41) is 10.1. The summed E-state index contributed by atoms with van der Waals surface area (Å²) in [6.07, 6.45) is 38.4. The van der Waals surface area contributed by atoms with Crippen LogP contribution in [0, 0.1) is 6.92 Å². The highest BCUT2D eigenvalue weighted by molar-refractivity contribution is 7.26. The van der Waals surface area contributed by atoms with Crippen LogP contribution in [0.15, 0.2) is 46.9 Å². The number of allylic oxidation sites excluding steroid dienone is 4. The average Bonchev–Trinajstić information content (AvgIpc) is 4.10. The molecule has 5 heteroatoms. The summed E-state index contributed by atoms with van der Waals surface area (Å²) >= 11 is 6.63. The third kappa shape index (κ3) is 6.89. The maximum Gasteiger partial charge on any atom is 0.128 e. The molecular formula is C53H74S3Si2. The number of aryl methyl sites for hydroxylation is 4. The molecule has 0 saturated heterocycles. The van der Waals surface area contributed by atoms with Crippen LogP contribution in [0.25, 0.3) is 20.8 Å². The molecule has 0 amide bonds. The van der Waals surface area contributed by atoms with Gasteiger partial charge in [0.25, 0.3) is 0 Å². The minimum absolute atomic E-state index is 0.885. The van der Waals surface area contributed by atoms with Crippen LogP contribution in [0.4, 0.5) is 0 Å². The summed E-state index contributed by atoms with van der Waals surface area (Å²) < 4.78 is 0. The minimum atomic E-state index is -2.17. The van der Waals surface area contributed by atoms with Crippen molar-refractivity contribution >= 4 is 70.9 Å². The molecule has 312 valence electrons. The number of hydrogen-bond acceptors (Lipinski definition) is 3. The summed E-state index contributed by atoms with van der Waals surface area (Å²) in [5.41, 5.74) is 11.8. The first-order valence-electron chi connectivity index (χ1n) is 24.5. The van der Waals surface area contributed by atoms with Gasteiger partial charge in [-0.25, -0.2) is 0 Å². The summed E-state index contributed by atoms with van der Waals surface area (Å²) in [5.74, 6) is 0. The van der Waals surface area contributed by atoms with Crippen LogP contribution in [-0.4, -0.2) is 16.1 Å². The predicted octanol–water partition coefficient (Wildman–Crippen LogP) is 18.0. The second-order valence-corrected chi connectivity index (χ2v) is 31.8. The SMILES string of the molecule is CCc1cc(C2=C(C)C=C(c3sc(C4=C(C)C=C(c5sccc5CC)[Si]4(C4CCCCC4)C4CCCCC4)cc3CC)[Si]2(C2CCCCC2)C2CCCCC2)sc1C. The lowest BCUT2D eigenvalue weighted by Gasteiger charge is -2.49. The van der Waals surface area contributed by atoms with Crippen molar-refractivity contribution < 1.29 is 0 Å². The lowest BCUT2D eigenvalue weighted by Crippen LogP contribution is -2.48. The highest BCUT2D eigenvalue weighted by Crippen LogP contribution is 2.67. The van der Waals surface area contributed by atoms with Crippen molar-refractivity contribution in [3.63, 3.8) is 0 Å². The summed E-state index contributed by atoms with van der Waals surface area (Å²) in [6.45, 7) is 14.9. The Morgan fingerprint density at radius 2 is 0.879 bits per heavy atom. The van der Waals surface area contributed by atoms with Crippen molar-refractivity contribution in [3.8, 4) is 0 Å². The molecule has 9 rings (SSSR count). The highest BCUT2D eigenvalue weighted by atomic mass is 32.1. The van der Waals surface area contributed by atoms with Crippen LogP contribution in [0.3, 0.4) is 0 Å². The number of thiophene rings is 3. The molecule has 0 nitrogen and oxygen atoms in total. The fraction of sp³-hybridized carbons (Fsp3) is 0.623. The fourth-order valence-electron chi connectivity index (χ4n) is 14.5. The quantitative estimate of drug-likeness (QED) is 0.169. The monoisotopic (exact) mass is 862 g/mol. The van der Waals surface area contributed by atoms with E-state index in [2.05, 4.69) is 111 Å². The maximum atomic E-state index is 2.88. The topological polar surface area (TPSA) is 0 Å². The molecular weight excluding hydrogens is 789 g/mol. The van der Waals surface area contributed by atoms with E-state index in [1.54, 1.807) is 52.2 Å². The van der Waals surface area contributed by atoms with E-state index in [4.69, 9.17) is 0 Å². The third-order valence-corrected chi connectivity index (χ3v) is 34.0. The Kier molecular flexibility index (Phi) is 12.8. The molecule has 58 heavy (non-hydrogen) atoms. The van der Waals surface area contributed by atoms with Gasteiger partial charge in [0.2, 0.25) is 0 Å². The van der Waals surface area contributed by atoms with Crippen molar-refractivity contribution in [1.82, 2.24) is 0 Å². The number of hydrogen-bond donors (Lipinski definition) is 0. The first-order chi connectivity index (χ1) is 28.4. The third-order valence-electron chi connectivity index (χ3n) is 16.9.